The van der Waals surface area contributed by atoms with Crippen molar-refractivity contribution in [1.82, 2.24) is 5.32 Å². The topological polar surface area (TPSA) is 42.2 Å². The Morgan fingerprint density at radius 3 is 3.00 bits per heavy atom. The zero-order valence-electron chi connectivity index (χ0n) is 8.90. The highest BCUT2D eigenvalue weighted by Gasteiger charge is 2.26. The van der Waals surface area contributed by atoms with Gasteiger partial charge in [-0.05, 0) is 12.1 Å². The number of carbonyl (C=O) groups excluding carboxylic acids is 1. The van der Waals surface area contributed by atoms with E-state index in [0.717, 1.165) is 23.3 Å². The highest BCUT2D eigenvalue weighted by molar-refractivity contribution is 5.88. The Morgan fingerprint density at radius 2 is 2.19 bits per heavy atom. The van der Waals surface area contributed by atoms with Crippen molar-refractivity contribution < 1.29 is 9.21 Å². The summed E-state index contributed by atoms with van der Waals surface area (Å²) in [6.07, 6.45) is 0.599. The summed E-state index contributed by atoms with van der Waals surface area (Å²) in [5, 5.41) is 4.29. The maximum atomic E-state index is 11.8. The number of para-hydroxylation sites is 1. The van der Waals surface area contributed by atoms with E-state index in [-0.39, 0.29) is 11.7 Å². The number of benzene rings is 1. The highest BCUT2D eigenvalue weighted by atomic mass is 16.3. The molecule has 1 saturated heterocycles. The van der Waals surface area contributed by atoms with Gasteiger partial charge in [-0.3, -0.25) is 4.79 Å². The van der Waals surface area contributed by atoms with Gasteiger partial charge in [-0.1, -0.05) is 18.2 Å². The molecule has 2 heterocycles. The first-order chi connectivity index (χ1) is 7.84. The predicted molar refractivity (Wildman–Crippen MR) is 61.4 cm³/mol. The summed E-state index contributed by atoms with van der Waals surface area (Å²) < 4.78 is 5.72. The van der Waals surface area contributed by atoms with Crippen LogP contribution in [0.25, 0.3) is 11.0 Å². The minimum Gasteiger partial charge on any atom is -0.460 e. The molecule has 1 atom stereocenters. The summed E-state index contributed by atoms with van der Waals surface area (Å²) in [5.74, 6) is 0.956. The average Bonchev–Trinajstić information content (AvgIpc) is 2.73. The Labute approximate surface area is 93.4 Å². The van der Waals surface area contributed by atoms with Crippen LogP contribution in [0.1, 0.15) is 18.1 Å². The Morgan fingerprint density at radius 1 is 1.31 bits per heavy atom. The van der Waals surface area contributed by atoms with Crippen LogP contribution >= 0.6 is 0 Å². The van der Waals surface area contributed by atoms with E-state index in [1.54, 1.807) is 0 Å². The van der Waals surface area contributed by atoms with Gasteiger partial charge in [0.05, 0.1) is 5.92 Å². The molecule has 0 bridgehead atoms. The molecule has 0 aliphatic carbocycles. The minimum absolute atomic E-state index is 0.110. The molecule has 82 valence electrons. The third-order valence-corrected chi connectivity index (χ3v) is 3.07. The van der Waals surface area contributed by atoms with Crippen LogP contribution in [0.15, 0.2) is 34.7 Å². The molecule has 1 aromatic heterocycles. The number of fused-ring (bicyclic) bond motifs is 1. The van der Waals surface area contributed by atoms with Crippen LogP contribution < -0.4 is 5.32 Å². The SMILES string of the molecule is O=C1CCNCC1c1cc2ccccc2o1. The van der Waals surface area contributed by atoms with Crippen LogP contribution in [0.2, 0.25) is 0 Å². The Balaban J connectivity index is 2.01. The van der Waals surface area contributed by atoms with Crippen molar-refractivity contribution in [3.63, 3.8) is 0 Å². The quantitative estimate of drug-likeness (QED) is 0.792. The van der Waals surface area contributed by atoms with Gasteiger partial charge in [-0.15, -0.1) is 0 Å². The fourth-order valence-corrected chi connectivity index (χ4v) is 2.18. The maximum Gasteiger partial charge on any atom is 0.146 e. The first-order valence-electron chi connectivity index (χ1n) is 5.56. The molecule has 3 heteroatoms. The molecule has 1 aliphatic heterocycles. The van der Waals surface area contributed by atoms with Crippen molar-refractivity contribution in [2.45, 2.75) is 12.3 Å². The fraction of sp³-hybridized carbons (Fsp3) is 0.308. The molecule has 3 nitrogen and oxygen atoms in total. The number of hydrogen-bond acceptors (Lipinski definition) is 3. The minimum atomic E-state index is -0.110. The number of carbonyl (C=O) groups is 1. The lowest BCUT2D eigenvalue weighted by molar-refractivity contribution is -0.121. The van der Waals surface area contributed by atoms with Crippen LogP contribution in [0.5, 0.6) is 0 Å². The van der Waals surface area contributed by atoms with Crippen LogP contribution in [0, 0.1) is 0 Å². The molecule has 1 fully saturated rings. The normalized spacial score (nSPS) is 21.5. The van der Waals surface area contributed by atoms with E-state index in [4.69, 9.17) is 4.42 Å². The van der Waals surface area contributed by atoms with E-state index in [9.17, 15) is 4.79 Å². The number of rotatable bonds is 1. The van der Waals surface area contributed by atoms with Gasteiger partial charge in [0.15, 0.2) is 0 Å². The molecule has 0 saturated carbocycles. The first-order valence-corrected chi connectivity index (χ1v) is 5.56. The average molecular weight is 215 g/mol. The lowest BCUT2D eigenvalue weighted by Gasteiger charge is -2.19. The second-order valence-corrected chi connectivity index (χ2v) is 4.16. The molecule has 3 rings (SSSR count). The Hall–Kier alpha value is -1.61. The number of furan rings is 1. The molecule has 1 aliphatic rings. The van der Waals surface area contributed by atoms with Crippen molar-refractivity contribution in [3.8, 4) is 0 Å². The maximum absolute atomic E-state index is 11.8. The van der Waals surface area contributed by atoms with Gasteiger partial charge in [0.25, 0.3) is 0 Å². The molecule has 16 heavy (non-hydrogen) atoms. The van der Waals surface area contributed by atoms with Gasteiger partial charge in [0.1, 0.15) is 17.1 Å². The van der Waals surface area contributed by atoms with Gasteiger partial charge in [0.2, 0.25) is 0 Å². The van der Waals surface area contributed by atoms with E-state index in [1.165, 1.54) is 0 Å². The summed E-state index contributed by atoms with van der Waals surface area (Å²) in [7, 11) is 0. The van der Waals surface area contributed by atoms with Crippen molar-refractivity contribution in [2.24, 2.45) is 0 Å². The van der Waals surface area contributed by atoms with Gasteiger partial charge >= 0.3 is 0 Å². The highest BCUT2D eigenvalue weighted by Crippen LogP contribution is 2.27. The number of ketones is 1. The number of Topliss-reactive ketones (excluding diaryl/α,β-unsaturated/α-hetero) is 1. The summed E-state index contributed by atoms with van der Waals surface area (Å²) in [6.45, 7) is 1.48. The van der Waals surface area contributed by atoms with Crippen LogP contribution in [0.4, 0.5) is 0 Å². The smallest absolute Gasteiger partial charge is 0.146 e. The zero-order valence-corrected chi connectivity index (χ0v) is 8.90. The lowest BCUT2D eigenvalue weighted by atomic mass is 9.95. The molecule has 1 aromatic carbocycles. The van der Waals surface area contributed by atoms with Crippen molar-refractivity contribution in [3.05, 3.63) is 36.1 Å². The molecule has 0 spiro atoms. The summed E-state index contributed by atoms with van der Waals surface area (Å²) in [6, 6.07) is 9.83. The van der Waals surface area contributed by atoms with Gasteiger partial charge in [-0.2, -0.15) is 0 Å². The molecular formula is C13H13NO2. The third kappa shape index (κ3) is 1.53. The standard InChI is InChI=1S/C13H13NO2/c15-11-5-6-14-8-10(11)13-7-9-3-1-2-4-12(9)16-13/h1-4,7,10,14H,5-6,8H2. The molecule has 1 N–H and O–H groups in total. The molecule has 2 aromatic rings. The number of piperidine rings is 1. The van der Waals surface area contributed by atoms with Gasteiger partial charge in [0, 0.05) is 24.9 Å². The molecule has 0 radical (unpaired) electrons. The van der Waals surface area contributed by atoms with Crippen LogP contribution in [-0.2, 0) is 4.79 Å². The van der Waals surface area contributed by atoms with E-state index < -0.39 is 0 Å². The fourth-order valence-electron chi connectivity index (χ4n) is 2.18. The van der Waals surface area contributed by atoms with E-state index in [2.05, 4.69) is 5.32 Å². The van der Waals surface area contributed by atoms with Crippen molar-refractivity contribution in [2.75, 3.05) is 13.1 Å². The van der Waals surface area contributed by atoms with E-state index >= 15 is 0 Å². The van der Waals surface area contributed by atoms with E-state index in [0.29, 0.717) is 13.0 Å². The van der Waals surface area contributed by atoms with Crippen LogP contribution in [-0.4, -0.2) is 18.9 Å². The summed E-state index contributed by atoms with van der Waals surface area (Å²) in [5.41, 5.74) is 0.857. The Kier molecular flexibility index (Phi) is 2.26. The van der Waals surface area contributed by atoms with Crippen molar-refractivity contribution >= 4 is 16.8 Å². The van der Waals surface area contributed by atoms with Crippen LogP contribution in [0.3, 0.4) is 0 Å². The molecular weight excluding hydrogens is 202 g/mol. The number of nitrogens with one attached hydrogen (secondary N) is 1. The second-order valence-electron chi connectivity index (χ2n) is 4.16. The lowest BCUT2D eigenvalue weighted by Crippen LogP contribution is -2.35. The largest absolute Gasteiger partial charge is 0.460 e. The third-order valence-electron chi connectivity index (χ3n) is 3.07. The summed E-state index contributed by atoms with van der Waals surface area (Å²) >= 11 is 0. The second kappa shape index (κ2) is 3.76. The summed E-state index contributed by atoms with van der Waals surface area (Å²) in [4.78, 5) is 11.8. The Bertz CT molecular complexity index is 496. The molecule has 1 unspecified atom stereocenters. The molecule has 0 amide bonds. The number of hydrogen-bond donors (Lipinski definition) is 1. The van der Waals surface area contributed by atoms with Crippen molar-refractivity contribution in [1.29, 1.82) is 0 Å². The van der Waals surface area contributed by atoms with Gasteiger partial charge in [-0.25, -0.2) is 0 Å². The van der Waals surface area contributed by atoms with E-state index in [1.807, 2.05) is 30.3 Å². The van der Waals surface area contributed by atoms with Gasteiger partial charge < -0.3 is 9.73 Å². The predicted octanol–water partition coefficient (Wildman–Crippen LogP) is 2.08. The first kappa shape index (κ1) is 9.60. The monoisotopic (exact) mass is 215 g/mol. The zero-order chi connectivity index (χ0) is 11.0.